The molecule has 0 saturated carbocycles. The molecule has 4 nitrogen and oxygen atoms in total. The molecule has 0 radical (unpaired) electrons. The molecule has 1 aromatic carbocycles. The van der Waals surface area contributed by atoms with Crippen molar-refractivity contribution in [1.82, 2.24) is 4.98 Å². The Morgan fingerprint density at radius 3 is 2.48 bits per heavy atom. The molecule has 2 rings (SSSR count). The zero-order chi connectivity index (χ0) is 15.4. The highest BCUT2D eigenvalue weighted by Crippen LogP contribution is 2.31. The van der Waals surface area contributed by atoms with Crippen LogP contribution in [0.2, 0.25) is 0 Å². The molecule has 0 fully saturated rings. The number of nitrogens with zero attached hydrogens (tertiary/aromatic N) is 1. The molecule has 0 saturated heterocycles. The van der Waals surface area contributed by atoms with E-state index in [4.69, 9.17) is 9.47 Å². The molecule has 0 spiro atoms. The highest BCUT2D eigenvalue weighted by atomic mass is 79.9. The van der Waals surface area contributed by atoms with Crippen LogP contribution in [0.25, 0.3) is 0 Å². The van der Waals surface area contributed by atoms with E-state index in [9.17, 15) is 0 Å². The van der Waals surface area contributed by atoms with Gasteiger partial charge in [0, 0.05) is 10.7 Å². The molecule has 5 heteroatoms. The molecular weight excluding hydrogens is 332 g/mol. The van der Waals surface area contributed by atoms with E-state index in [0.29, 0.717) is 0 Å². The fraction of sp³-hybridized carbons (Fsp3) is 0.312. The summed E-state index contributed by atoms with van der Waals surface area (Å²) >= 11 is 3.42. The van der Waals surface area contributed by atoms with Crippen LogP contribution in [0.1, 0.15) is 24.1 Å². The lowest BCUT2D eigenvalue weighted by Gasteiger charge is -2.18. The monoisotopic (exact) mass is 350 g/mol. The van der Waals surface area contributed by atoms with Crippen LogP contribution < -0.4 is 14.8 Å². The Balaban J connectivity index is 2.21. The number of hydrogen-bond acceptors (Lipinski definition) is 4. The Bertz CT molecular complexity index is 632. The molecule has 0 aliphatic rings. The second-order valence-electron chi connectivity index (χ2n) is 4.80. The zero-order valence-electron chi connectivity index (χ0n) is 12.6. The van der Waals surface area contributed by atoms with Gasteiger partial charge in [0.2, 0.25) is 0 Å². The Morgan fingerprint density at radius 1 is 1.14 bits per heavy atom. The fourth-order valence-corrected chi connectivity index (χ4v) is 2.55. The number of aryl methyl sites for hydroxylation is 1. The first-order chi connectivity index (χ1) is 10.0. The van der Waals surface area contributed by atoms with E-state index in [2.05, 4.69) is 33.2 Å². The van der Waals surface area contributed by atoms with E-state index in [0.717, 1.165) is 32.9 Å². The maximum atomic E-state index is 5.34. The number of hydrogen-bond donors (Lipinski definition) is 1. The van der Waals surface area contributed by atoms with E-state index in [-0.39, 0.29) is 6.04 Å². The van der Waals surface area contributed by atoms with Crippen molar-refractivity contribution in [3.05, 3.63) is 46.1 Å². The standard InChI is InChI=1S/C16H19BrN2O2/c1-10-7-13(17)9-18-16(10)19-11(2)12-5-6-14(20-3)15(8-12)21-4/h5-9,11H,1-4H3,(H,18,19). The first kappa shape index (κ1) is 15.6. The average molecular weight is 351 g/mol. The average Bonchev–Trinajstić information content (AvgIpc) is 2.49. The molecule has 112 valence electrons. The van der Waals surface area contributed by atoms with E-state index in [1.165, 1.54) is 0 Å². The van der Waals surface area contributed by atoms with E-state index in [1.54, 1.807) is 20.4 Å². The van der Waals surface area contributed by atoms with Crippen molar-refractivity contribution >= 4 is 21.7 Å². The topological polar surface area (TPSA) is 43.4 Å². The summed E-state index contributed by atoms with van der Waals surface area (Å²) in [5.74, 6) is 2.33. The van der Waals surface area contributed by atoms with Crippen molar-refractivity contribution in [2.24, 2.45) is 0 Å². The lowest BCUT2D eigenvalue weighted by Crippen LogP contribution is -2.09. The normalized spacial score (nSPS) is 11.9. The highest BCUT2D eigenvalue weighted by Gasteiger charge is 2.11. The molecule has 1 N–H and O–H groups in total. The minimum Gasteiger partial charge on any atom is -0.493 e. The third-order valence-electron chi connectivity index (χ3n) is 3.31. The number of halogens is 1. The van der Waals surface area contributed by atoms with Crippen LogP contribution in [0, 0.1) is 6.92 Å². The minimum atomic E-state index is 0.109. The number of rotatable bonds is 5. The number of nitrogens with one attached hydrogen (secondary N) is 1. The Labute approximate surface area is 133 Å². The quantitative estimate of drug-likeness (QED) is 0.870. The van der Waals surface area contributed by atoms with E-state index in [1.807, 2.05) is 31.2 Å². The molecular formula is C16H19BrN2O2. The Morgan fingerprint density at radius 2 is 1.86 bits per heavy atom. The van der Waals surface area contributed by atoms with Gasteiger partial charge in [-0.2, -0.15) is 0 Å². The predicted molar refractivity (Wildman–Crippen MR) is 88.3 cm³/mol. The highest BCUT2D eigenvalue weighted by molar-refractivity contribution is 9.10. The largest absolute Gasteiger partial charge is 0.493 e. The summed E-state index contributed by atoms with van der Waals surface area (Å²) in [6.45, 7) is 4.12. The molecule has 1 unspecified atom stereocenters. The summed E-state index contributed by atoms with van der Waals surface area (Å²) in [6, 6.07) is 8.06. The minimum absolute atomic E-state index is 0.109. The van der Waals surface area contributed by atoms with Gasteiger partial charge in [0.15, 0.2) is 11.5 Å². The maximum Gasteiger partial charge on any atom is 0.161 e. The van der Waals surface area contributed by atoms with Gasteiger partial charge < -0.3 is 14.8 Å². The van der Waals surface area contributed by atoms with Crippen molar-refractivity contribution in [2.45, 2.75) is 19.9 Å². The lowest BCUT2D eigenvalue weighted by atomic mass is 10.1. The van der Waals surface area contributed by atoms with Gasteiger partial charge in [-0.15, -0.1) is 0 Å². The zero-order valence-corrected chi connectivity index (χ0v) is 14.2. The molecule has 21 heavy (non-hydrogen) atoms. The Hall–Kier alpha value is -1.75. The van der Waals surface area contributed by atoms with Gasteiger partial charge in [-0.25, -0.2) is 4.98 Å². The van der Waals surface area contributed by atoms with Gasteiger partial charge in [-0.1, -0.05) is 6.07 Å². The van der Waals surface area contributed by atoms with Crippen LogP contribution >= 0.6 is 15.9 Å². The van der Waals surface area contributed by atoms with Gasteiger partial charge in [-0.3, -0.25) is 0 Å². The SMILES string of the molecule is COc1ccc(C(C)Nc2ncc(Br)cc2C)cc1OC. The van der Waals surface area contributed by atoms with Gasteiger partial charge in [0.1, 0.15) is 5.82 Å². The van der Waals surface area contributed by atoms with Crippen LogP contribution in [0.4, 0.5) is 5.82 Å². The van der Waals surface area contributed by atoms with Gasteiger partial charge in [0.05, 0.1) is 20.3 Å². The summed E-state index contributed by atoms with van der Waals surface area (Å²) in [5.41, 5.74) is 2.20. The van der Waals surface area contributed by atoms with Crippen molar-refractivity contribution in [3.8, 4) is 11.5 Å². The number of benzene rings is 1. The second kappa shape index (κ2) is 6.80. The molecule has 1 heterocycles. The predicted octanol–water partition coefficient (Wildman–Crippen LogP) is 4.34. The van der Waals surface area contributed by atoms with E-state index >= 15 is 0 Å². The third kappa shape index (κ3) is 3.67. The number of pyridine rings is 1. The molecule has 0 aliphatic carbocycles. The van der Waals surface area contributed by atoms with Crippen molar-refractivity contribution in [1.29, 1.82) is 0 Å². The second-order valence-corrected chi connectivity index (χ2v) is 5.72. The molecule has 0 aliphatic heterocycles. The van der Waals surface area contributed by atoms with Crippen LogP contribution in [-0.2, 0) is 0 Å². The number of methoxy groups -OCH3 is 2. The summed E-state index contributed by atoms with van der Waals surface area (Å²) < 4.78 is 11.6. The number of ether oxygens (including phenoxy) is 2. The van der Waals surface area contributed by atoms with Gasteiger partial charge in [0.25, 0.3) is 0 Å². The summed E-state index contributed by atoms with van der Waals surface area (Å²) in [6.07, 6.45) is 1.79. The number of anilines is 1. The fourth-order valence-electron chi connectivity index (χ4n) is 2.10. The summed E-state index contributed by atoms with van der Waals surface area (Å²) in [7, 11) is 3.27. The lowest BCUT2D eigenvalue weighted by molar-refractivity contribution is 0.354. The first-order valence-corrected chi connectivity index (χ1v) is 7.45. The van der Waals surface area contributed by atoms with Crippen molar-refractivity contribution in [3.63, 3.8) is 0 Å². The molecule has 2 aromatic rings. The number of aromatic nitrogens is 1. The maximum absolute atomic E-state index is 5.34. The van der Waals surface area contributed by atoms with Crippen LogP contribution in [-0.4, -0.2) is 19.2 Å². The molecule has 0 bridgehead atoms. The Kier molecular flexibility index (Phi) is 5.07. The van der Waals surface area contributed by atoms with E-state index < -0.39 is 0 Å². The molecule has 1 aromatic heterocycles. The molecule has 0 amide bonds. The smallest absolute Gasteiger partial charge is 0.161 e. The third-order valence-corrected chi connectivity index (χ3v) is 3.74. The molecule has 1 atom stereocenters. The van der Waals surface area contributed by atoms with Crippen LogP contribution in [0.15, 0.2) is 34.9 Å². The van der Waals surface area contributed by atoms with Crippen LogP contribution in [0.3, 0.4) is 0 Å². The summed E-state index contributed by atoms with van der Waals surface area (Å²) in [5, 5.41) is 3.41. The van der Waals surface area contributed by atoms with Crippen molar-refractivity contribution in [2.75, 3.05) is 19.5 Å². The first-order valence-electron chi connectivity index (χ1n) is 6.65. The van der Waals surface area contributed by atoms with Crippen LogP contribution in [0.5, 0.6) is 11.5 Å². The van der Waals surface area contributed by atoms with Gasteiger partial charge in [-0.05, 0) is 59.1 Å². The summed E-state index contributed by atoms with van der Waals surface area (Å²) in [4.78, 5) is 4.41. The van der Waals surface area contributed by atoms with Gasteiger partial charge >= 0.3 is 0 Å². The van der Waals surface area contributed by atoms with Crippen molar-refractivity contribution < 1.29 is 9.47 Å².